The number of carbonyl (C=O) groups excluding carboxylic acids is 1. The molecule has 1 atom stereocenters. The number of thioether (sulfide) groups is 1. The van der Waals surface area contributed by atoms with Crippen molar-refractivity contribution in [3.8, 4) is 11.8 Å². The zero-order valence-corrected chi connectivity index (χ0v) is 15.4. The molecule has 132 valence electrons. The van der Waals surface area contributed by atoms with Gasteiger partial charge in [0.2, 0.25) is 5.91 Å². The molecule has 1 aliphatic heterocycles. The first-order valence-corrected chi connectivity index (χ1v) is 9.53. The highest BCUT2D eigenvalue weighted by molar-refractivity contribution is 8.03. The zero-order valence-electron chi connectivity index (χ0n) is 14.6. The summed E-state index contributed by atoms with van der Waals surface area (Å²) in [6.07, 6.45) is 0.293. The van der Waals surface area contributed by atoms with Crippen LogP contribution in [0.4, 0.5) is 0 Å². The third-order valence-corrected chi connectivity index (χ3v) is 5.07. The van der Waals surface area contributed by atoms with Gasteiger partial charge in [0.05, 0.1) is 16.7 Å². The van der Waals surface area contributed by atoms with Crippen molar-refractivity contribution in [1.29, 1.82) is 5.26 Å². The van der Waals surface area contributed by atoms with Gasteiger partial charge in [0, 0.05) is 12.3 Å². The minimum atomic E-state index is -0.203. The number of hydrogen-bond donors (Lipinski definition) is 1. The number of hydrogen-bond acceptors (Lipinski definition) is 4. The van der Waals surface area contributed by atoms with Crippen molar-refractivity contribution in [3.63, 3.8) is 0 Å². The van der Waals surface area contributed by atoms with E-state index < -0.39 is 0 Å². The van der Waals surface area contributed by atoms with Crippen LogP contribution in [-0.2, 0) is 11.4 Å². The molecule has 0 aromatic heterocycles. The molecule has 26 heavy (non-hydrogen) atoms. The van der Waals surface area contributed by atoms with Crippen LogP contribution in [0.15, 0.2) is 65.2 Å². The third kappa shape index (κ3) is 4.27. The van der Waals surface area contributed by atoms with E-state index in [9.17, 15) is 10.1 Å². The number of rotatable bonds is 6. The van der Waals surface area contributed by atoms with Crippen molar-refractivity contribution >= 4 is 17.7 Å². The molecule has 5 heteroatoms. The van der Waals surface area contributed by atoms with Crippen LogP contribution >= 0.6 is 11.8 Å². The predicted octanol–water partition coefficient (Wildman–Crippen LogP) is 4.36. The van der Waals surface area contributed by atoms with Crippen LogP contribution in [0.1, 0.15) is 30.4 Å². The van der Waals surface area contributed by atoms with Gasteiger partial charge in [0.1, 0.15) is 12.4 Å². The summed E-state index contributed by atoms with van der Waals surface area (Å²) in [4.78, 5) is 12.0. The van der Waals surface area contributed by atoms with Crippen LogP contribution in [-0.4, -0.2) is 11.7 Å². The van der Waals surface area contributed by atoms with Crippen molar-refractivity contribution in [2.75, 3.05) is 5.75 Å². The molecule has 0 spiro atoms. The average Bonchev–Trinajstić information content (AvgIpc) is 2.67. The molecule has 1 amide bonds. The molecule has 0 radical (unpaired) electrons. The van der Waals surface area contributed by atoms with Crippen LogP contribution in [0.25, 0.3) is 0 Å². The van der Waals surface area contributed by atoms with Crippen molar-refractivity contribution in [1.82, 2.24) is 5.32 Å². The lowest BCUT2D eigenvalue weighted by molar-refractivity contribution is -0.120. The Balaban J connectivity index is 1.75. The smallest absolute Gasteiger partial charge is 0.225 e. The van der Waals surface area contributed by atoms with Gasteiger partial charge in [-0.3, -0.25) is 4.79 Å². The van der Waals surface area contributed by atoms with Crippen molar-refractivity contribution < 1.29 is 9.53 Å². The highest BCUT2D eigenvalue weighted by atomic mass is 32.2. The number of benzene rings is 2. The van der Waals surface area contributed by atoms with Gasteiger partial charge in [-0.1, -0.05) is 49.4 Å². The van der Waals surface area contributed by atoms with Crippen molar-refractivity contribution in [3.05, 3.63) is 76.3 Å². The lowest BCUT2D eigenvalue weighted by Crippen LogP contribution is -2.30. The standard InChI is InChI=1S/C21H20N2O2S/c1-2-26-21-19(13-22)18(12-20(24)23-21)16-8-10-17(11-9-16)25-14-15-6-4-3-5-7-15/h3-11,18H,2,12,14H2,1H3,(H,23,24)/t18-/m0/s1. The second-order valence-electron chi connectivity index (χ2n) is 5.94. The summed E-state index contributed by atoms with van der Waals surface area (Å²) in [7, 11) is 0. The van der Waals surface area contributed by atoms with E-state index in [0.717, 1.165) is 22.6 Å². The van der Waals surface area contributed by atoms with Crippen LogP contribution in [0.2, 0.25) is 0 Å². The topological polar surface area (TPSA) is 62.1 Å². The summed E-state index contributed by atoms with van der Waals surface area (Å²) in [5.41, 5.74) is 2.70. The summed E-state index contributed by atoms with van der Waals surface area (Å²) < 4.78 is 5.81. The van der Waals surface area contributed by atoms with Gasteiger partial charge in [-0.2, -0.15) is 5.26 Å². The number of nitriles is 1. The Hall–Kier alpha value is -2.71. The zero-order chi connectivity index (χ0) is 18.4. The highest BCUT2D eigenvalue weighted by Gasteiger charge is 2.29. The van der Waals surface area contributed by atoms with E-state index in [1.54, 1.807) is 0 Å². The molecule has 0 fully saturated rings. The fourth-order valence-electron chi connectivity index (χ4n) is 2.90. The number of ether oxygens (including phenoxy) is 1. The first-order chi connectivity index (χ1) is 12.7. The quantitative estimate of drug-likeness (QED) is 0.827. The summed E-state index contributed by atoms with van der Waals surface area (Å²) in [6, 6.07) is 19.9. The maximum Gasteiger partial charge on any atom is 0.225 e. The maximum absolute atomic E-state index is 12.0. The van der Waals surface area contributed by atoms with E-state index in [1.807, 2.05) is 61.5 Å². The minimum absolute atomic E-state index is 0.0469. The monoisotopic (exact) mass is 364 g/mol. The molecule has 0 bridgehead atoms. The maximum atomic E-state index is 12.0. The molecule has 2 aromatic rings. The van der Waals surface area contributed by atoms with Crippen LogP contribution in [0, 0.1) is 11.3 Å². The van der Waals surface area contributed by atoms with Gasteiger partial charge >= 0.3 is 0 Å². The molecule has 1 N–H and O–H groups in total. The Labute approximate surface area is 157 Å². The largest absolute Gasteiger partial charge is 0.489 e. The molecule has 0 aliphatic carbocycles. The van der Waals surface area contributed by atoms with Crippen molar-refractivity contribution in [2.24, 2.45) is 0 Å². The molecule has 1 aliphatic rings. The Morgan fingerprint density at radius 2 is 1.92 bits per heavy atom. The Kier molecular flexibility index (Phi) is 5.98. The molecular weight excluding hydrogens is 344 g/mol. The lowest BCUT2D eigenvalue weighted by atomic mass is 9.87. The Bertz CT molecular complexity index is 839. The Morgan fingerprint density at radius 1 is 1.19 bits per heavy atom. The number of carbonyl (C=O) groups is 1. The molecular formula is C21H20N2O2S. The molecule has 4 nitrogen and oxygen atoms in total. The highest BCUT2D eigenvalue weighted by Crippen LogP contribution is 2.36. The molecule has 0 unspecified atom stereocenters. The summed E-state index contributed by atoms with van der Waals surface area (Å²) in [5, 5.41) is 13.1. The number of nitrogens with zero attached hydrogens (tertiary/aromatic N) is 1. The number of allylic oxidation sites excluding steroid dienone is 1. The minimum Gasteiger partial charge on any atom is -0.489 e. The van der Waals surface area contributed by atoms with Gasteiger partial charge in [0.25, 0.3) is 0 Å². The van der Waals surface area contributed by atoms with Crippen LogP contribution in [0.5, 0.6) is 5.75 Å². The first-order valence-electron chi connectivity index (χ1n) is 8.55. The molecule has 3 rings (SSSR count). The van der Waals surface area contributed by atoms with Gasteiger partial charge in [0.15, 0.2) is 0 Å². The molecule has 0 saturated carbocycles. The van der Waals surface area contributed by atoms with E-state index >= 15 is 0 Å². The first kappa shape index (κ1) is 18.1. The summed E-state index contributed by atoms with van der Waals surface area (Å²) in [6.45, 7) is 2.51. The van der Waals surface area contributed by atoms with E-state index in [2.05, 4.69) is 11.4 Å². The van der Waals surface area contributed by atoms with Gasteiger partial charge in [-0.15, -0.1) is 11.8 Å². The summed E-state index contributed by atoms with van der Waals surface area (Å²) >= 11 is 1.50. The predicted molar refractivity (Wildman–Crippen MR) is 103 cm³/mol. The second kappa shape index (κ2) is 8.59. The van der Waals surface area contributed by atoms with Gasteiger partial charge in [-0.05, 0) is 29.0 Å². The van der Waals surface area contributed by atoms with Gasteiger partial charge < -0.3 is 10.1 Å². The number of nitrogens with one attached hydrogen (secondary N) is 1. The van der Waals surface area contributed by atoms with Crippen LogP contribution < -0.4 is 10.1 Å². The number of amides is 1. The SMILES string of the molecule is CCSC1=C(C#N)[C@H](c2ccc(OCc3ccccc3)cc2)CC(=O)N1. The van der Waals surface area contributed by atoms with Crippen molar-refractivity contribution in [2.45, 2.75) is 25.9 Å². The van der Waals surface area contributed by atoms with Gasteiger partial charge in [-0.25, -0.2) is 0 Å². The normalized spacial score (nSPS) is 16.8. The molecule has 1 heterocycles. The average molecular weight is 364 g/mol. The fraction of sp³-hybridized carbons (Fsp3) is 0.238. The lowest BCUT2D eigenvalue weighted by Gasteiger charge is -2.25. The van der Waals surface area contributed by atoms with E-state index in [-0.39, 0.29) is 11.8 Å². The van der Waals surface area contributed by atoms with E-state index in [4.69, 9.17) is 4.74 Å². The molecule has 0 saturated heterocycles. The molecule has 2 aromatic carbocycles. The second-order valence-corrected chi connectivity index (χ2v) is 7.21. The van der Waals surface area contributed by atoms with E-state index in [0.29, 0.717) is 23.6 Å². The Morgan fingerprint density at radius 3 is 2.58 bits per heavy atom. The summed E-state index contributed by atoms with van der Waals surface area (Å²) in [5.74, 6) is 1.32. The van der Waals surface area contributed by atoms with E-state index in [1.165, 1.54) is 11.8 Å². The van der Waals surface area contributed by atoms with Crippen LogP contribution in [0.3, 0.4) is 0 Å². The third-order valence-electron chi connectivity index (χ3n) is 4.18. The fourth-order valence-corrected chi connectivity index (χ4v) is 3.72.